The summed E-state index contributed by atoms with van der Waals surface area (Å²) in [5, 5.41) is -0.343. The van der Waals surface area contributed by atoms with Gasteiger partial charge in [0.2, 0.25) is 0 Å². The molecule has 3 aromatic carbocycles. The molecule has 35 heavy (non-hydrogen) atoms. The number of imide groups is 1. The lowest BCUT2D eigenvalue weighted by molar-refractivity contribution is -0.123. The molecule has 3 aromatic rings. The third-order valence-electron chi connectivity index (χ3n) is 5.08. The zero-order valence-corrected chi connectivity index (χ0v) is 21.7. The van der Waals surface area contributed by atoms with E-state index in [1.807, 2.05) is 36.4 Å². The monoisotopic (exact) mass is 605 g/mol. The molecule has 0 spiro atoms. The Morgan fingerprint density at radius 2 is 1.77 bits per heavy atom. The Bertz CT molecular complexity index is 1270. The quantitative estimate of drug-likeness (QED) is 0.216. The van der Waals surface area contributed by atoms with Gasteiger partial charge in [0, 0.05) is 5.56 Å². The van der Waals surface area contributed by atoms with E-state index in [0.29, 0.717) is 33.3 Å². The van der Waals surface area contributed by atoms with Gasteiger partial charge < -0.3 is 14.2 Å². The van der Waals surface area contributed by atoms with Gasteiger partial charge in [-0.15, -0.1) is 0 Å². The number of thioether (sulfide) groups is 1. The highest BCUT2D eigenvalue weighted by molar-refractivity contribution is 14.1. The van der Waals surface area contributed by atoms with Gasteiger partial charge in [-0.25, -0.2) is 4.39 Å². The Hall–Kier alpha value is -3.05. The zero-order chi connectivity index (χ0) is 24.8. The molecule has 1 fully saturated rings. The number of carbonyl (C=O) groups excluding carboxylic acids is 2. The summed E-state index contributed by atoms with van der Waals surface area (Å²) in [6.07, 6.45) is 1.65. The van der Waals surface area contributed by atoms with E-state index in [0.717, 1.165) is 15.3 Å². The number of rotatable bonds is 9. The van der Waals surface area contributed by atoms with Crippen molar-refractivity contribution < 1.29 is 28.2 Å². The van der Waals surface area contributed by atoms with Crippen molar-refractivity contribution >= 4 is 51.6 Å². The molecule has 0 radical (unpaired) electrons. The lowest BCUT2D eigenvalue weighted by Gasteiger charge is -2.14. The maximum Gasteiger partial charge on any atom is 0.293 e. The molecular weight excluding hydrogens is 584 g/mol. The van der Waals surface area contributed by atoms with E-state index in [2.05, 4.69) is 22.6 Å². The molecule has 1 heterocycles. The average Bonchev–Trinajstić information content (AvgIpc) is 3.12. The highest BCUT2D eigenvalue weighted by Crippen LogP contribution is 2.37. The molecular formula is C26H21FINO5S. The van der Waals surface area contributed by atoms with Gasteiger partial charge in [0.05, 0.1) is 22.1 Å². The maximum atomic E-state index is 13.9. The molecule has 4 rings (SSSR count). The molecule has 0 aromatic heterocycles. The number of hydrogen-bond donors (Lipinski definition) is 0. The molecule has 6 nitrogen and oxygen atoms in total. The van der Waals surface area contributed by atoms with E-state index in [9.17, 15) is 14.0 Å². The van der Waals surface area contributed by atoms with E-state index >= 15 is 0 Å². The van der Waals surface area contributed by atoms with Crippen molar-refractivity contribution in [3.05, 3.63) is 92.1 Å². The molecule has 9 heteroatoms. The minimum Gasteiger partial charge on any atom is -0.493 e. The number of ether oxygens (including phenoxy) is 3. The topological polar surface area (TPSA) is 65.1 Å². The first-order valence-corrected chi connectivity index (χ1v) is 12.5. The van der Waals surface area contributed by atoms with E-state index < -0.39 is 0 Å². The van der Waals surface area contributed by atoms with Crippen LogP contribution in [0.3, 0.4) is 0 Å². The average molecular weight is 605 g/mol. The van der Waals surface area contributed by atoms with Gasteiger partial charge in [0.1, 0.15) is 24.8 Å². The number of benzene rings is 3. The van der Waals surface area contributed by atoms with Crippen LogP contribution in [-0.2, 0) is 11.4 Å². The van der Waals surface area contributed by atoms with Crippen molar-refractivity contribution in [1.82, 2.24) is 4.90 Å². The largest absolute Gasteiger partial charge is 0.493 e. The van der Waals surface area contributed by atoms with Gasteiger partial charge in [-0.3, -0.25) is 14.5 Å². The molecule has 0 N–H and O–H groups in total. The number of methoxy groups -OCH3 is 1. The minimum atomic E-state index is -0.370. The van der Waals surface area contributed by atoms with Gasteiger partial charge in [0.25, 0.3) is 11.1 Å². The molecule has 1 aliphatic heterocycles. The van der Waals surface area contributed by atoms with Gasteiger partial charge in [-0.1, -0.05) is 36.4 Å². The molecule has 0 saturated carbocycles. The number of halogens is 2. The third kappa shape index (κ3) is 6.15. The summed E-state index contributed by atoms with van der Waals surface area (Å²) in [6.45, 7) is 0.401. The Morgan fingerprint density at radius 1 is 1.03 bits per heavy atom. The Balaban J connectivity index is 1.45. The van der Waals surface area contributed by atoms with E-state index in [1.54, 1.807) is 30.3 Å². The van der Waals surface area contributed by atoms with Crippen molar-refractivity contribution in [2.45, 2.75) is 6.61 Å². The Kier molecular flexibility index (Phi) is 8.29. The number of nitrogens with zero attached hydrogens (tertiary/aromatic N) is 1. The van der Waals surface area contributed by atoms with Gasteiger partial charge in [0.15, 0.2) is 11.5 Å². The molecule has 0 aliphatic carbocycles. The standard InChI is InChI=1S/C26H21FINO5S/c1-32-22-14-17(13-21(28)24(22)34-16-18-7-5-6-10-20(18)27)15-23-25(30)29(26(31)35-23)11-12-33-19-8-3-2-4-9-19/h2-10,13-15H,11-12,16H2,1H3/b23-15-. The Morgan fingerprint density at radius 3 is 2.51 bits per heavy atom. The number of amides is 2. The molecule has 0 unspecified atom stereocenters. The summed E-state index contributed by atoms with van der Waals surface area (Å²) < 4.78 is 31.6. The maximum absolute atomic E-state index is 13.9. The second-order valence-electron chi connectivity index (χ2n) is 7.41. The predicted molar refractivity (Wildman–Crippen MR) is 141 cm³/mol. The fourth-order valence-electron chi connectivity index (χ4n) is 3.34. The van der Waals surface area contributed by atoms with Crippen molar-refractivity contribution in [1.29, 1.82) is 0 Å². The number of para-hydroxylation sites is 1. The van der Waals surface area contributed by atoms with E-state index in [-0.39, 0.29) is 36.7 Å². The van der Waals surface area contributed by atoms with Gasteiger partial charge >= 0.3 is 0 Å². The van der Waals surface area contributed by atoms with E-state index in [4.69, 9.17) is 14.2 Å². The van der Waals surface area contributed by atoms with Crippen molar-refractivity contribution in [3.8, 4) is 17.2 Å². The van der Waals surface area contributed by atoms with Crippen LogP contribution in [-0.4, -0.2) is 36.3 Å². The summed E-state index contributed by atoms with van der Waals surface area (Å²) in [5.41, 5.74) is 1.11. The summed E-state index contributed by atoms with van der Waals surface area (Å²) in [7, 11) is 1.51. The van der Waals surface area contributed by atoms with Crippen LogP contribution in [0.25, 0.3) is 6.08 Å². The zero-order valence-electron chi connectivity index (χ0n) is 18.7. The minimum absolute atomic E-state index is 0.0440. The summed E-state index contributed by atoms with van der Waals surface area (Å²) >= 11 is 2.98. The lowest BCUT2D eigenvalue weighted by atomic mass is 10.1. The molecule has 1 aliphatic rings. The van der Waals surface area contributed by atoms with Crippen LogP contribution in [0, 0.1) is 9.39 Å². The fourth-order valence-corrected chi connectivity index (χ4v) is 4.99. The SMILES string of the molecule is COc1cc(/C=C2\SC(=O)N(CCOc3ccccc3)C2=O)cc(I)c1OCc1ccccc1F. The highest BCUT2D eigenvalue weighted by atomic mass is 127. The van der Waals surface area contributed by atoms with Crippen molar-refractivity contribution in [2.75, 3.05) is 20.3 Å². The first kappa shape index (κ1) is 25.1. The number of hydrogen-bond acceptors (Lipinski definition) is 6. The predicted octanol–water partition coefficient (Wildman–Crippen LogP) is 6.13. The Labute approximate surface area is 220 Å². The van der Waals surface area contributed by atoms with Crippen LogP contribution in [0.15, 0.2) is 71.6 Å². The van der Waals surface area contributed by atoms with Crippen LogP contribution in [0.4, 0.5) is 9.18 Å². The van der Waals surface area contributed by atoms with Crippen molar-refractivity contribution in [2.24, 2.45) is 0 Å². The van der Waals surface area contributed by atoms with Crippen LogP contribution in [0.2, 0.25) is 0 Å². The molecule has 2 amide bonds. The number of carbonyl (C=O) groups is 2. The second kappa shape index (κ2) is 11.6. The lowest BCUT2D eigenvalue weighted by Crippen LogP contribution is -2.32. The van der Waals surface area contributed by atoms with Crippen molar-refractivity contribution in [3.63, 3.8) is 0 Å². The van der Waals surface area contributed by atoms with Crippen LogP contribution in [0.5, 0.6) is 17.2 Å². The second-order valence-corrected chi connectivity index (χ2v) is 9.56. The first-order valence-electron chi connectivity index (χ1n) is 10.6. The van der Waals surface area contributed by atoms with Gasteiger partial charge in [-0.05, 0) is 76.3 Å². The highest BCUT2D eigenvalue weighted by Gasteiger charge is 2.35. The van der Waals surface area contributed by atoms with Crippen LogP contribution in [0.1, 0.15) is 11.1 Å². The van der Waals surface area contributed by atoms with Crippen LogP contribution < -0.4 is 14.2 Å². The molecule has 0 bridgehead atoms. The molecule has 0 atom stereocenters. The smallest absolute Gasteiger partial charge is 0.293 e. The third-order valence-corrected chi connectivity index (χ3v) is 6.79. The van der Waals surface area contributed by atoms with Crippen LogP contribution >= 0.6 is 34.4 Å². The summed E-state index contributed by atoms with van der Waals surface area (Å²) in [5.74, 6) is 0.872. The normalized spacial score (nSPS) is 14.5. The summed E-state index contributed by atoms with van der Waals surface area (Å²) in [4.78, 5) is 26.7. The van der Waals surface area contributed by atoms with E-state index in [1.165, 1.54) is 18.1 Å². The fraction of sp³-hybridized carbons (Fsp3) is 0.154. The van der Waals surface area contributed by atoms with Gasteiger partial charge in [-0.2, -0.15) is 0 Å². The molecule has 180 valence electrons. The first-order chi connectivity index (χ1) is 17.0. The summed E-state index contributed by atoms with van der Waals surface area (Å²) in [6, 6.07) is 19.1. The molecule has 1 saturated heterocycles.